The van der Waals surface area contributed by atoms with Crippen molar-refractivity contribution in [1.29, 1.82) is 0 Å². The van der Waals surface area contributed by atoms with Crippen LogP contribution in [0.3, 0.4) is 0 Å². The first-order chi connectivity index (χ1) is 9.65. The van der Waals surface area contributed by atoms with Crippen LogP contribution >= 0.6 is 0 Å². The van der Waals surface area contributed by atoms with Crippen molar-refractivity contribution in [3.63, 3.8) is 0 Å². The second-order valence-electron chi connectivity index (χ2n) is 4.55. The average molecular weight is 268 g/mol. The number of hydrogen-bond acceptors (Lipinski definition) is 3. The molecule has 3 rings (SSSR count). The fourth-order valence-corrected chi connectivity index (χ4v) is 2.00. The molecule has 0 atom stereocenters. The van der Waals surface area contributed by atoms with Crippen LogP contribution in [0.4, 0.5) is 10.2 Å². The lowest BCUT2D eigenvalue weighted by Crippen LogP contribution is -1.97. The molecule has 2 aromatic heterocycles. The van der Waals surface area contributed by atoms with Gasteiger partial charge >= 0.3 is 0 Å². The van der Waals surface area contributed by atoms with Crippen molar-refractivity contribution in [1.82, 2.24) is 14.5 Å². The van der Waals surface area contributed by atoms with Crippen LogP contribution < -0.4 is 5.73 Å². The Bertz CT molecular complexity index is 747. The van der Waals surface area contributed by atoms with Crippen LogP contribution in [0, 0.1) is 12.7 Å². The third-order valence-electron chi connectivity index (χ3n) is 3.15. The van der Waals surface area contributed by atoms with Crippen molar-refractivity contribution in [2.45, 2.75) is 6.92 Å². The maximum Gasteiger partial charge on any atom is 0.128 e. The summed E-state index contributed by atoms with van der Waals surface area (Å²) in [4.78, 5) is 8.20. The van der Waals surface area contributed by atoms with Crippen LogP contribution in [-0.2, 0) is 0 Å². The highest BCUT2D eigenvalue weighted by atomic mass is 19.1. The fourth-order valence-electron chi connectivity index (χ4n) is 2.00. The molecule has 0 saturated heterocycles. The first-order valence-corrected chi connectivity index (χ1v) is 6.16. The van der Waals surface area contributed by atoms with Gasteiger partial charge in [0, 0.05) is 11.8 Å². The van der Waals surface area contributed by atoms with E-state index in [1.54, 1.807) is 37.8 Å². The van der Waals surface area contributed by atoms with Gasteiger partial charge in [0.05, 0.1) is 23.9 Å². The van der Waals surface area contributed by atoms with Gasteiger partial charge in [0.2, 0.25) is 0 Å². The third kappa shape index (κ3) is 2.14. The number of hydrogen-bond donors (Lipinski definition) is 1. The molecule has 0 aliphatic rings. The van der Waals surface area contributed by atoms with E-state index >= 15 is 0 Å². The highest BCUT2D eigenvalue weighted by molar-refractivity contribution is 5.62. The number of rotatable bonds is 2. The molecule has 0 spiro atoms. The minimum Gasteiger partial charge on any atom is -0.384 e. The largest absolute Gasteiger partial charge is 0.384 e. The Kier molecular flexibility index (Phi) is 2.95. The molecule has 0 aliphatic heterocycles. The molecular formula is C15H13FN4. The van der Waals surface area contributed by atoms with E-state index < -0.39 is 0 Å². The summed E-state index contributed by atoms with van der Waals surface area (Å²) in [7, 11) is 0. The van der Waals surface area contributed by atoms with Gasteiger partial charge < -0.3 is 5.73 Å². The zero-order chi connectivity index (χ0) is 14.1. The average Bonchev–Trinajstić information content (AvgIpc) is 2.92. The van der Waals surface area contributed by atoms with Crippen molar-refractivity contribution in [2.24, 2.45) is 0 Å². The van der Waals surface area contributed by atoms with Crippen molar-refractivity contribution in [3.05, 3.63) is 60.4 Å². The number of benzene rings is 1. The van der Waals surface area contributed by atoms with Gasteiger partial charge in [0.15, 0.2) is 0 Å². The van der Waals surface area contributed by atoms with E-state index in [2.05, 4.69) is 9.97 Å². The molecule has 0 bridgehead atoms. The number of nitrogen functional groups attached to an aromatic ring is 1. The molecule has 2 N–H and O–H groups in total. The number of nitrogens with zero attached hydrogens (tertiary/aromatic N) is 3. The lowest BCUT2D eigenvalue weighted by Gasteiger charge is -2.09. The van der Waals surface area contributed by atoms with E-state index in [9.17, 15) is 4.39 Å². The summed E-state index contributed by atoms with van der Waals surface area (Å²) in [6, 6.07) is 8.68. The van der Waals surface area contributed by atoms with Gasteiger partial charge in [-0.3, -0.25) is 4.57 Å². The lowest BCUT2D eigenvalue weighted by atomic mass is 10.2. The number of anilines is 1. The molecular weight excluding hydrogens is 255 g/mol. The topological polar surface area (TPSA) is 56.7 Å². The Morgan fingerprint density at radius 2 is 2.00 bits per heavy atom. The predicted octanol–water partition coefficient (Wildman–Crippen LogP) is 2.96. The summed E-state index contributed by atoms with van der Waals surface area (Å²) in [6.45, 7) is 1.73. The molecule has 4 nitrogen and oxygen atoms in total. The minimum atomic E-state index is -0.238. The molecule has 0 unspecified atom stereocenters. The van der Waals surface area contributed by atoms with Crippen molar-refractivity contribution in [2.75, 3.05) is 5.73 Å². The van der Waals surface area contributed by atoms with Gasteiger partial charge in [0.25, 0.3) is 0 Å². The third-order valence-corrected chi connectivity index (χ3v) is 3.15. The molecule has 0 fully saturated rings. The number of halogens is 1. The SMILES string of the molecule is Cc1ccc(-n2cncc2-c2ccc(N)nc2)cc1F. The molecule has 3 aromatic rings. The molecule has 0 amide bonds. The molecule has 2 heterocycles. The summed E-state index contributed by atoms with van der Waals surface area (Å²) in [5, 5.41) is 0. The van der Waals surface area contributed by atoms with Gasteiger partial charge in [0.1, 0.15) is 11.6 Å². The summed E-state index contributed by atoms with van der Waals surface area (Å²) >= 11 is 0. The maximum atomic E-state index is 13.7. The number of imidazole rings is 1. The summed E-state index contributed by atoms with van der Waals surface area (Å²) in [5.74, 6) is 0.221. The highest BCUT2D eigenvalue weighted by Gasteiger charge is 2.09. The fraction of sp³-hybridized carbons (Fsp3) is 0.0667. The smallest absolute Gasteiger partial charge is 0.128 e. The minimum absolute atomic E-state index is 0.238. The van der Waals surface area contributed by atoms with E-state index in [4.69, 9.17) is 5.73 Å². The number of aryl methyl sites for hydroxylation is 1. The van der Waals surface area contributed by atoms with Crippen LogP contribution in [0.5, 0.6) is 0 Å². The second kappa shape index (κ2) is 4.77. The van der Waals surface area contributed by atoms with Gasteiger partial charge in [-0.05, 0) is 36.8 Å². The Balaban J connectivity index is 2.10. The van der Waals surface area contributed by atoms with Crippen LogP contribution in [-0.4, -0.2) is 14.5 Å². The lowest BCUT2D eigenvalue weighted by molar-refractivity contribution is 0.617. The number of aromatic nitrogens is 3. The zero-order valence-corrected chi connectivity index (χ0v) is 10.9. The first kappa shape index (κ1) is 12.3. The Morgan fingerprint density at radius 1 is 1.15 bits per heavy atom. The van der Waals surface area contributed by atoms with Crippen molar-refractivity contribution in [3.8, 4) is 16.9 Å². The van der Waals surface area contributed by atoms with Gasteiger partial charge in [-0.1, -0.05) is 6.07 Å². The summed E-state index contributed by atoms with van der Waals surface area (Å²) in [5.41, 5.74) is 8.62. The van der Waals surface area contributed by atoms with Gasteiger partial charge in [-0.15, -0.1) is 0 Å². The molecule has 0 saturated carbocycles. The highest BCUT2D eigenvalue weighted by Crippen LogP contribution is 2.23. The number of nitrogens with two attached hydrogens (primary N) is 1. The van der Waals surface area contributed by atoms with Crippen LogP contribution in [0.15, 0.2) is 49.1 Å². The van der Waals surface area contributed by atoms with Crippen molar-refractivity contribution >= 4 is 5.82 Å². The van der Waals surface area contributed by atoms with E-state index in [1.165, 1.54) is 6.07 Å². The van der Waals surface area contributed by atoms with Crippen LogP contribution in [0.25, 0.3) is 16.9 Å². The number of pyridine rings is 1. The predicted molar refractivity (Wildman–Crippen MR) is 75.9 cm³/mol. The summed E-state index contributed by atoms with van der Waals surface area (Å²) < 4.78 is 15.5. The molecule has 1 aromatic carbocycles. The van der Waals surface area contributed by atoms with Gasteiger partial charge in [-0.2, -0.15) is 0 Å². The van der Waals surface area contributed by atoms with Crippen LogP contribution in [0.2, 0.25) is 0 Å². The monoisotopic (exact) mass is 268 g/mol. The van der Waals surface area contributed by atoms with Crippen LogP contribution in [0.1, 0.15) is 5.56 Å². The molecule has 0 radical (unpaired) electrons. The molecule has 100 valence electrons. The molecule has 20 heavy (non-hydrogen) atoms. The molecule has 5 heteroatoms. The quantitative estimate of drug-likeness (QED) is 0.777. The Labute approximate surface area is 115 Å². The van der Waals surface area contributed by atoms with Crippen molar-refractivity contribution < 1.29 is 4.39 Å². The zero-order valence-electron chi connectivity index (χ0n) is 10.9. The Morgan fingerprint density at radius 3 is 2.70 bits per heavy atom. The Hall–Kier alpha value is -2.69. The summed E-state index contributed by atoms with van der Waals surface area (Å²) in [6.07, 6.45) is 5.04. The van der Waals surface area contributed by atoms with E-state index in [-0.39, 0.29) is 5.82 Å². The first-order valence-electron chi connectivity index (χ1n) is 6.16. The van der Waals surface area contributed by atoms with E-state index in [0.717, 1.165) is 16.9 Å². The normalized spacial score (nSPS) is 10.7. The molecule has 0 aliphatic carbocycles. The van der Waals surface area contributed by atoms with E-state index in [1.807, 2.05) is 16.7 Å². The van der Waals surface area contributed by atoms with E-state index in [0.29, 0.717) is 11.4 Å². The standard InChI is InChI=1S/C15H13FN4/c1-10-2-4-12(6-13(10)16)20-9-18-8-14(20)11-3-5-15(17)19-7-11/h2-9H,1H3,(H2,17,19). The van der Waals surface area contributed by atoms with Gasteiger partial charge in [-0.25, -0.2) is 14.4 Å². The second-order valence-corrected chi connectivity index (χ2v) is 4.55. The maximum absolute atomic E-state index is 13.7.